The average Bonchev–Trinajstić information content (AvgIpc) is 3.18. The Labute approximate surface area is 165 Å². The summed E-state index contributed by atoms with van der Waals surface area (Å²) in [6, 6.07) is 15.1. The molecule has 0 atom stereocenters. The van der Waals surface area contributed by atoms with Gasteiger partial charge in [0.15, 0.2) is 0 Å². The minimum absolute atomic E-state index is 0.197. The molecule has 0 spiro atoms. The van der Waals surface area contributed by atoms with E-state index in [0.29, 0.717) is 34.1 Å². The van der Waals surface area contributed by atoms with Crippen LogP contribution in [0.25, 0.3) is 0 Å². The lowest BCUT2D eigenvalue weighted by atomic mass is 10.1. The summed E-state index contributed by atoms with van der Waals surface area (Å²) >= 11 is 7.46. The van der Waals surface area contributed by atoms with Crippen LogP contribution in [0.4, 0.5) is 5.69 Å². The van der Waals surface area contributed by atoms with Crippen molar-refractivity contribution in [1.82, 2.24) is 5.32 Å². The van der Waals surface area contributed by atoms with E-state index in [1.165, 1.54) is 11.3 Å². The van der Waals surface area contributed by atoms with Gasteiger partial charge in [0.2, 0.25) is 0 Å². The second-order valence-electron chi connectivity index (χ2n) is 5.80. The van der Waals surface area contributed by atoms with Crippen molar-refractivity contribution in [1.29, 1.82) is 0 Å². The number of rotatable bonds is 6. The fraction of sp³-hybridized carbons (Fsp3) is 0.100. The van der Waals surface area contributed by atoms with Crippen LogP contribution in [-0.2, 0) is 6.42 Å². The van der Waals surface area contributed by atoms with Crippen LogP contribution < -0.4 is 10.6 Å². The van der Waals surface area contributed by atoms with Crippen molar-refractivity contribution in [2.24, 2.45) is 0 Å². The molecular formula is C20H17ClN2O3S. The molecule has 138 valence electrons. The Morgan fingerprint density at radius 2 is 1.89 bits per heavy atom. The van der Waals surface area contributed by atoms with Gasteiger partial charge in [0.1, 0.15) is 5.75 Å². The van der Waals surface area contributed by atoms with Crippen LogP contribution in [0.1, 0.15) is 25.6 Å². The molecule has 7 heteroatoms. The fourth-order valence-corrected chi connectivity index (χ4v) is 3.27. The number of benzene rings is 2. The molecule has 0 unspecified atom stereocenters. The van der Waals surface area contributed by atoms with Gasteiger partial charge in [-0.25, -0.2) is 0 Å². The van der Waals surface area contributed by atoms with Gasteiger partial charge in [-0.05, 0) is 53.8 Å². The number of hydrogen-bond donors (Lipinski definition) is 3. The highest BCUT2D eigenvalue weighted by Crippen LogP contribution is 2.24. The Hall–Kier alpha value is -2.83. The van der Waals surface area contributed by atoms with Crippen LogP contribution in [0.3, 0.4) is 0 Å². The molecule has 0 saturated carbocycles. The van der Waals surface area contributed by atoms with E-state index in [9.17, 15) is 14.7 Å². The van der Waals surface area contributed by atoms with E-state index >= 15 is 0 Å². The Balaban J connectivity index is 1.62. The first-order valence-corrected chi connectivity index (χ1v) is 9.49. The topological polar surface area (TPSA) is 78.4 Å². The monoisotopic (exact) mass is 400 g/mol. The molecule has 2 amide bonds. The predicted molar refractivity (Wildman–Crippen MR) is 108 cm³/mol. The standard InChI is InChI=1S/C20H17ClN2O3S/c21-16-7-6-14(12-17(16)23-20(26)18-5-2-10-27-18)19(25)22-9-8-13-3-1-4-15(24)11-13/h1-7,10-12,24H,8-9H2,(H,22,25)(H,23,26). The lowest BCUT2D eigenvalue weighted by molar-refractivity contribution is 0.0952. The third kappa shape index (κ3) is 5.09. The number of aromatic hydroxyl groups is 1. The summed E-state index contributed by atoms with van der Waals surface area (Å²) in [5.41, 5.74) is 1.71. The Bertz CT molecular complexity index is 958. The van der Waals surface area contributed by atoms with E-state index in [1.54, 1.807) is 48.5 Å². The summed E-state index contributed by atoms with van der Waals surface area (Å²) < 4.78 is 0. The van der Waals surface area contributed by atoms with Crippen molar-refractivity contribution in [2.75, 3.05) is 11.9 Å². The number of thiophene rings is 1. The Morgan fingerprint density at radius 1 is 1.04 bits per heavy atom. The summed E-state index contributed by atoms with van der Waals surface area (Å²) in [4.78, 5) is 25.1. The molecule has 2 aromatic carbocycles. The first-order valence-electron chi connectivity index (χ1n) is 8.23. The first kappa shape index (κ1) is 18.9. The molecule has 3 N–H and O–H groups in total. The zero-order valence-corrected chi connectivity index (χ0v) is 15.8. The molecule has 3 aromatic rings. The molecule has 1 heterocycles. The molecule has 0 fully saturated rings. The predicted octanol–water partition coefficient (Wildman–Crippen LogP) is 4.33. The van der Waals surface area contributed by atoms with E-state index in [1.807, 2.05) is 11.4 Å². The average molecular weight is 401 g/mol. The second-order valence-corrected chi connectivity index (χ2v) is 7.16. The number of hydrogen-bond acceptors (Lipinski definition) is 4. The number of carbonyl (C=O) groups is 2. The maximum Gasteiger partial charge on any atom is 0.265 e. The third-order valence-corrected chi connectivity index (χ3v) is 5.03. The van der Waals surface area contributed by atoms with Crippen molar-refractivity contribution >= 4 is 40.4 Å². The number of nitrogens with one attached hydrogen (secondary N) is 2. The van der Waals surface area contributed by atoms with Crippen LogP contribution in [-0.4, -0.2) is 23.5 Å². The zero-order chi connectivity index (χ0) is 19.2. The highest BCUT2D eigenvalue weighted by atomic mass is 35.5. The highest BCUT2D eigenvalue weighted by Gasteiger charge is 2.12. The largest absolute Gasteiger partial charge is 0.508 e. The maximum atomic E-state index is 12.4. The van der Waals surface area contributed by atoms with Crippen LogP contribution in [0, 0.1) is 0 Å². The lowest BCUT2D eigenvalue weighted by Gasteiger charge is -2.10. The molecule has 0 radical (unpaired) electrons. The highest BCUT2D eigenvalue weighted by molar-refractivity contribution is 7.12. The van der Waals surface area contributed by atoms with Gasteiger partial charge in [0.05, 0.1) is 15.6 Å². The van der Waals surface area contributed by atoms with Crippen molar-refractivity contribution in [2.45, 2.75) is 6.42 Å². The SMILES string of the molecule is O=C(NCCc1cccc(O)c1)c1ccc(Cl)c(NC(=O)c2cccs2)c1. The van der Waals surface area contributed by atoms with E-state index in [0.717, 1.165) is 5.56 Å². The minimum atomic E-state index is -0.270. The normalized spacial score (nSPS) is 10.4. The summed E-state index contributed by atoms with van der Waals surface area (Å²) in [6.45, 7) is 0.418. The molecule has 5 nitrogen and oxygen atoms in total. The third-order valence-electron chi connectivity index (χ3n) is 3.83. The molecule has 0 aliphatic heterocycles. The van der Waals surface area contributed by atoms with Gasteiger partial charge < -0.3 is 15.7 Å². The van der Waals surface area contributed by atoms with Crippen molar-refractivity contribution in [3.05, 3.63) is 81.0 Å². The van der Waals surface area contributed by atoms with Gasteiger partial charge in [-0.3, -0.25) is 9.59 Å². The minimum Gasteiger partial charge on any atom is -0.508 e. The molecular weight excluding hydrogens is 384 g/mol. The van der Waals surface area contributed by atoms with E-state index < -0.39 is 0 Å². The van der Waals surface area contributed by atoms with Gasteiger partial charge in [-0.15, -0.1) is 11.3 Å². The second kappa shape index (κ2) is 8.70. The number of anilines is 1. The van der Waals surface area contributed by atoms with Gasteiger partial charge in [-0.2, -0.15) is 0 Å². The molecule has 0 aliphatic carbocycles. The van der Waals surface area contributed by atoms with Crippen molar-refractivity contribution in [3.63, 3.8) is 0 Å². The van der Waals surface area contributed by atoms with Crippen LogP contribution in [0.2, 0.25) is 5.02 Å². The number of halogens is 1. The lowest BCUT2D eigenvalue weighted by Crippen LogP contribution is -2.25. The number of phenolic OH excluding ortho intramolecular Hbond substituents is 1. The van der Waals surface area contributed by atoms with Crippen molar-refractivity contribution < 1.29 is 14.7 Å². The molecule has 0 bridgehead atoms. The summed E-state index contributed by atoms with van der Waals surface area (Å²) in [7, 11) is 0. The zero-order valence-electron chi connectivity index (χ0n) is 14.2. The van der Waals surface area contributed by atoms with E-state index in [2.05, 4.69) is 10.6 Å². The summed E-state index contributed by atoms with van der Waals surface area (Å²) in [5.74, 6) is -0.338. The summed E-state index contributed by atoms with van der Waals surface area (Å²) in [5, 5.41) is 17.2. The molecule has 1 aromatic heterocycles. The number of phenols is 1. The van der Waals surface area contributed by atoms with Crippen LogP contribution in [0.5, 0.6) is 5.75 Å². The molecule has 0 aliphatic rings. The van der Waals surface area contributed by atoms with Gasteiger partial charge in [-0.1, -0.05) is 29.8 Å². The quantitative estimate of drug-likeness (QED) is 0.576. The fourth-order valence-electron chi connectivity index (χ4n) is 2.49. The van der Waals surface area contributed by atoms with Crippen LogP contribution in [0.15, 0.2) is 60.0 Å². The van der Waals surface area contributed by atoms with Crippen LogP contribution >= 0.6 is 22.9 Å². The molecule has 0 saturated heterocycles. The number of carbonyl (C=O) groups excluding carboxylic acids is 2. The summed E-state index contributed by atoms with van der Waals surface area (Å²) in [6.07, 6.45) is 0.593. The van der Waals surface area contributed by atoms with E-state index in [-0.39, 0.29) is 17.6 Å². The Morgan fingerprint density at radius 3 is 2.63 bits per heavy atom. The van der Waals surface area contributed by atoms with Gasteiger partial charge in [0, 0.05) is 12.1 Å². The van der Waals surface area contributed by atoms with Gasteiger partial charge in [0.25, 0.3) is 11.8 Å². The van der Waals surface area contributed by atoms with Gasteiger partial charge >= 0.3 is 0 Å². The maximum absolute atomic E-state index is 12.4. The Kier molecular flexibility index (Phi) is 6.11. The smallest absolute Gasteiger partial charge is 0.265 e. The van der Waals surface area contributed by atoms with E-state index in [4.69, 9.17) is 11.6 Å². The first-order chi connectivity index (χ1) is 13.0. The van der Waals surface area contributed by atoms with Crippen molar-refractivity contribution in [3.8, 4) is 5.75 Å². The number of amides is 2. The molecule has 27 heavy (non-hydrogen) atoms. The molecule has 3 rings (SSSR count).